The van der Waals surface area contributed by atoms with Crippen molar-refractivity contribution in [3.63, 3.8) is 0 Å². The third-order valence-corrected chi connectivity index (χ3v) is 6.36. The lowest BCUT2D eigenvalue weighted by atomic mass is 9.97. The topological polar surface area (TPSA) is 87.5 Å². The van der Waals surface area contributed by atoms with Crippen LogP contribution in [0.1, 0.15) is 30.9 Å². The van der Waals surface area contributed by atoms with Crippen LogP contribution in [0, 0.1) is 17.2 Å². The number of halogens is 1. The van der Waals surface area contributed by atoms with Crippen LogP contribution in [0.5, 0.6) is 5.75 Å². The van der Waals surface area contributed by atoms with Gasteiger partial charge in [0.15, 0.2) is 0 Å². The third-order valence-electron chi connectivity index (χ3n) is 6.06. The average Bonchev–Trinajstić information content (AvgIpc) is 2.87. The molecular weight excluding hydrogens is 452 g/mol. The molecule has 3 aromatic rings. The van der Waals surface area contributed by atoms with Gasteiger partial charge in [-0.3, -0.25) is 4.79 Å². The molecule has 1 aliphatic heterocycles. The van der Waals surface area contributed by atoms with E-state index in [1.807, 2.05) is 43.3 Å². The molecule has 2 aromatic carbocycles. The fourth-order valence-electron chi connectivity index (χ4n) is 4.21. The minimum Gasteiger partial charge on any atom is -0.495 e. The number of methoxy groups -OCH3 is 1. The molecule has 8 heteroatoms. The third kappa shape index (κ3) is 5.18. The van der Waals surface area contributed by atoms with Crippen molar-refractivity contribution in [1.82, 2.24) is 4.98 Å². The van der Waals surface area contributed by atoms with Gasteiger partial charge in [0.1, 0.15) is 11.6 Å². The molecule has 0 atom stereocenters. The lowest BCUT2D eigenvalue weighted by Crippen LogP contribution is -2.37. The van der Waals surface area contributed by atoms with Gasteiger partial charge in [-0.1, -0.05) is 17.7 Å². The number of benzene rings is 2. The van der Waals surface area contributed by atoms with Gasteiger partial charge in [-0.25, -0.2) is 4.98 Å². The largest absolute Gasteiger partial charge is 0.495 e. The van der Waals surface area contributed by atoms with Crippen molar-refractivity contribution in [1.29, 1.82) is 5.26 Å². The number of hydrogen-bond acceptors (Lipinski definition) is 7. The Bertz CT molecular complexity index is 1230. The molecule has 34 heavy (non-hydrogen) atoms. The zero-order valence-corrected chi connectivity index (χ0v) is 20.1. The highest BCUT2D eigenvalue weighted by Crippen LogP contribution is 2.31. The summed E-state index contributed by atoms with van der Waals surface area (Å²) in [5.74, 6) is 1.30. The molecule has 0 radical (unpaired) electrons. The summed E-state index contributed by atoms with van der Waals surface area (Å²) < 4.78 is 10.4. The number of hydrogen-bond donors (Lipinski definition) is 1. The molecule has 0 bridgehead atoms. The first-order valence-corrected chi connectivity index (χ1v) is 11.7. The Balaban J connectivity index is 1.59. The molecule has 0 unspecified atom stereocenters. The average molecular weight is 479 g/mol. The van der Waals surface area contributed by atoms with Crippen LogP contribution >= 0.6 is 11.6 Å². The standard InChI is InChI=1S/C26H27ClN4O3/c1-3-34-26(32)19-8-10-31(11-9-19)25-14-23(20-12-17(15-28)4-6-22(20)30-25)29-16-18-5-7-24(33-2)21(27)13-18/h4-7,12-14,19H,3,8-11,16H2,1-2H3,(H,29,30). The molecule has 176 valence electrons. The van der Waals surface area contributed by atoms with Crippen LogP contribution in [-0.4, -0.2) is 37.8 Å². The number of aromatic nitrogens is 1. The van der Waals surface area contributed by atoms with Crippen molar-refractivity contribution >= 4 is 40.0 Å². The molecule has 4 rings (SSSR count). The highest BCUT2D eigenvalue weighted by molar-refractivity contribution is 6.32. The van der Waals surface area contributed by atoms with Gasteiger partial charge in [0.05, 0.1) is 41.8 Å². The van der Waals surface area contributed by atoms with E-state index in [1.54, 1.807) is 13.2 Å². The Morgan fingerprint density at radius 3 is 2.71 bits per heavy atom. The number of anilines is 2. The maximum absolute atomic E-state index is 12.1. The van der Waals surface area contributed by atoms with E-state index in [4.69, 9.17) is 26.1 Å². The summed E-state index contributed by atoms with van der Waals surface area (Å²) in [5.41, 5.74) is 3.27. The first-order chi connectivity index (χ1) is 16.5. The highest BCUT2D eigenvalue weighted by Gasteiger charge is 2.27. The number of esters is 1. The maximum atomic E-state index is 12.1. The minimum absolute atomic E-state index is 0.0627. The Morgan fingerprint density at radius 2 is 2.03 bits per heavy atom. The Hall–Kier alpha value is -3.50. The van der Waals surface area contributed by atoms with Gasteiger partial charge in [0, 0.05) is 36.8 Å². The number of carbonyl (C=O) groups is 1. The quantitative estimate of drug-likeness (QED) is 0.469. The molecule has 1 fully saturated rings. The van der Waals surface area contributed by atoms with Gasteiger partial charge in [0.25, 0.3) is 0 Å². The number of piperidine rings is 1. The van der Waals surface area contributed by atoms with E-state index >= 15 is 0 Å². The molecule has 0 amide bonds. The fourth-order valence-corrected chi connectivity index (χ4v) is 4.49. The summed E-state index contributed by atoms with van der Waals surface area (Å²) >= 11 is 6.29. The van der Waals surface area contributed by atoms with Crippen LogP contribution in [0.4, 0.5) is 11.5 Å². The van der Waals surface area contributed by atoms with E-state index in [0.717, 1.165) is 53.9 Å². The Morgan fingerprint density at radius 1 is 1.24 bits per heavy atom. The summed E-state index contributed by atoms with van der Waals surface area (Å²) in [4.78, 5) is 19.2. The van der Waals surface area contributed by atoms with Gasteiger partial charge in [-0.05, 0) is 55.7 Å². The Labute approximate surface area is 204 Å². The second kappa shape index (κ2) is 10.6. The number of nitrogens with one attached hydrogen (secondary N) is 1. The first-order valence-electron chi connectivity index (χ1n) is 11.3. The van der Waals surface area contributed by atoms with Gasteiger partial charge < -0.3 is 19.7 Å². The highest BCUT2D eigenvalue weighted by atomic mass is 35.5. The molecule has 2 heterocycles. The summed E-state index contributed by atoms with van der Waals surface area (Å²) in [6.45, 7) is 4.24. The number of fused-ring (bicyclic) bond motifs is 1. The molecule has 1 aromatic heterocycles. The van der Waals surface area contributed by atoms with Crippen molar-refractivity contribution in [2.75, 3.05) is 37.0 Å². The number of pyridine rings is 1. The van der Waals surface area contributed by atoms with Gasteiger partial charge >= 0.3 is 5.97 Å². The van der Waals surface area contributed by atoms with Crippen LogP contribution in [0.25, 0.3) is 10.9 Å². The van der Waals surface area contributed by atoms with Crippen molar-refractivity contribution in [3.05, 3.63) is 58.6 Å². The summed E-state index contributed by atoms with van der Waals surface area (Å²) in [6, 6.07) is 15.4. The second-order valence-corrected chi connectivity index (χ2v) is 8.61. The van der Waals surface area contributed by atoms with E-state index < -0.39 is 0 Å². The van der Waals surface area contributed by atoms with Gasteiger partial charge in [0.2, 0.25) is 0 Å². The van der Waals surface area contributed by atoms with E-state index in [0.29, 0.717) is 29.5 Å². The minimum atomic E-state index is -0.113. The molecule has 1 N–H and O–H groups in total. The van der Waals surface area contributed by atoms with Crippen LogP contribution in [0.2, 0.25) is 5.02 Å². The summed E-state index contributed by atoms with van der Waals surface area (Å²) in [5, 5.41) is 14.3. The lowest BCUT2D eigenvalue weighted by Gasteiger charge is -2.32. The predicted octanol–water partition coefficient (Wildman–Crippen LogP) is 5.16. The number of ether oxygens (including phenoxy) is 2. The SMILES string of the molecule is CCOC(=O)C1CCN(c2cc(NCc3ccc(OC)c(Cl)c3)c3cc(C#N)ccc3n2)CC1. The summed E-state index contributed by atoms with van der Waals surface area (Å²) in [6.07, 6.45) is 1.47. The molecule has 1 saturated heterocycles. The molecular formula is C26H27ClN4O3. The first kappa shape index (κ1) is 23.7. The predicted molar refractivity (Wildman–Crippen MR) is 133 cm³/mol. The molecule has 1 aliphatic rings. The normalized spacial score (nSPS) is 14.0. The van der Waals surface area contributed by atoms with Crippen molar-refractivity contribution in [2.45, 2.75) is 26.3 Å². The fraction of sp³-hybridized carbons (Fsp3) is 0.346. The zero-order valence-electron chi connectivity index (χ0n) is 19.3. The van der Waals surface area contributed by atoms with Crippen LogP contribution < -0.4 is 15.0 Å². The zero-order chi connectivity index (χ0) is 24.1. The monoisotopic (exact) mass is 478 g/mol. The number of carbonyl (C=O) groups excluding carboxylic acids is 1. The van der Waals surface area contributed by atoms with Crippen LogP contribution in [-0.2, 0) is 16.1 Å². The van der Waals surface area contributed by atoms with E-state index in [1.165, 1.54) is 0 Å². The lowest BCUT2D eigenvalue weighted by molar-refractivity contribution is -0.148. The van der Waals surface area contributed by atoms with Gasteiger partial charge in [-0.15, -0.1) is 0 Å². The van der Waals surface area contributed by atoms with Crippen molar-refractivity contribution < 1.29 is 14.3 Å². The molecule has 0 saturated carbocycles. The van der Waals surface area contributed by atoms with Crippen LogP contribution in [0.3, 0.4) is 0 Å². The second-order valence-electron chi connectivity index (χ2n) is 8.21. The number of rotatable bonds is 7. The van der Waals surface area contributed by atoms with Crippen molar-refractivity contribution in [2.24, 2.45) is 5.92 Å². The Kier molecular flexibility index (Phi) is 7.39. The van der Waals surface area contributed by atoms with E-state index in [-0.39, 0.29) is 11.9 Å². The maximum Gasteiger partial charge on any atom is 0.309 e. The number of nitriles is 1. The van der Waals surface area contributed by atoms with Crippen LogP contribution in [0.15, 0.2) is 42.5 Å². The molecule has 0 aliphatic carbocycles. The van der Waals surface area contributed by atoms with E-state index in [9.17, 15) is 10.1 Å². The number of nitrogens with zero attached hydrogens (tertiary/aromatic N) is 3. The van der Waals surface area contributed by atoms with Gasteiger partial charge in [-0.2, -0.15) is 5.26 Å². The van der Waals surface area contributed by atoms with Crippen molar-refractivity contribution in [3.8, 4) is 11.8 Å². The molecule has 7 nitrogen and oxygen atoms in total. The summed E-state index contributed by atoms with van der Waals surface area (Å²) in [7, 11) is 1.59. The van der Waals surface area contributed by atoms with E-state index in [2.05, 4.69) is 16.3 Å². The molecule has 0 spiro atoms. The smallest absolute Gasteiger partial charge is 0.309 e.